The lowest BCUT2D eigenvalue weighted by atomic mass is 9.67. The van der Waals surface area contributed by atoms with Crippen LogP contribution in [0.4, 0.5) is 5.69 Å². The van der Waals surface area contributed by atoms with E-state index in [0.29, 0.717) is 13.0 Å². The number of likely N-dealkylation sites (N-methyl/N-ethyl adjacent to an activating group) is 1. The zero-order chi connectivity index (χ0) is 55.5. The van der Waals surface area contributed by atoms with Crippen LogP contribution in [0.3, 0.4) is 0 Å². The molecule has 0 radical (unpaired) electrons. The number of hydrogen-bond acceptors (Lipinski definition) is 19. The third-order valence-electron chi connectivity index (χ3n) is 17.4. The predicted octanol–water partition coefficient (Wildman–Crippen LogP) is 4.21. The van der Waals surface area contributed by atoms with Crippen molar-refractivity contribution in [1.29, 1.82) is 0 Å². The Kier molecular flexibility index (Phi) is 20.0. The first-order valence-electron chi connectivity index (χ1n) is 27.0. The Balaban J connectivity index is 1.33. The Morgan fingerprint density at radius 1 is 0.893 bits per heavy atom. The molecule has 0 bridgehead atoms. The molecule has 20 heteroatoms. The molecule has 4 N–H and O–H groups in total. The normalized spacial score (nSPS) is 40.9. The van der Waals surface area contributed by atoms with E-state index in [1.165, 1.54) is 25.5 Å². The van der Waals surface area contributed by atoms with Gasteiger partial charge < -0.3 is 68.5 Å². The van der Waals surface area contributed by atoms with Crippen LogP contribution in [0.1, 0.15) is 107 Å². The average Bonchev–Trinajstić information content (AvgIpc) is 3.66. The first-order chi connectivity index (χ1) is 35.2. The van der Waals surface area contributed by atoms with Gasteiger partial charge in [-0.1, -0.05) is 51.0 Å². The SMILES string of the molecule is CC[C@H]1OC(=O)[C@H](C)[C@@H](OC2CC(C)(OC)C(O)C(C)O2)[C@H](C)[C@@H](OC2OC(C)CC(N(C)C)C2O)[C@@](C)(OC)C[C@@H](C)C(=O)[C@H](C)C2C(/C(N)=N\OC(=O)CCN3CCN(c4ccccc4C)CC3)C(=O)O[C@@]21C. The van der Waals surface area contributed by atoms with Crippen LogP contribution in [0.2, 0.25) is 0 Å². The Labute approximate surface area is 444 Å². The summed E-state index contributed by atoms with van der Waals surface area (Å²) < 4.78 is 51.5. The summed E-state index contributed by atoms with van der Waals surface area (Å²) in [5.41, 5.74) is 4.97. The van der Waals surface area contributed by atoms with Gasteiger partial charge in [-0.15, -0.1) is 0 Å². The van der Waals surface area contributed by atoms with Crippen LogP contribution in [0.15, 0.2) is 29.4 Å². The fraction of sp³-hybridized carbons (Fsp3) is 0.800. The van der Waals surface area contributed by atoms with E-state index in [9.17, 15) is 24.6 Å². The summed E-state index contributed by atoms with van der Waals surface area (Å²) in [6.45, 7) is 23.2. The van der Waals surface area contributed by atoms with Gasteiger partial charge in [0, 0.05) is 88.8 Å². The Hall–Kier alpha value is -3.83. The van der Waals surface area contributed by atoms with Crippen LogP contribution < -0.4 is 10.6 Å². The minimum absolute atomic E-state index is 0.0167. The average molecular weight is 1060 g/mol. The molecule has 75 heavy (non-hydrogen) atoms. The zero-order valence-corrected chi connectivity index (χ0v) is 47.2. The Bertz CT molecular complexity index is 2160. The van der Waals surface area contributed by atoms with Gasteiger partial charge in [0.15, 0.2) is 24.0 Å². The molecule has 5 aliphatic rings. The molecule has 5 saturated heterocycles. The van der Waals surface area contributed by atoms with Crippen molar-refractivity contribution in [2.24, 2.45) is 46.4 Å². The van der Waals surface area contributed by atoms with Gasteiger partial charge in [-0.05, 0) is 93.5 Å². The number of cyclic esters (lactones) is 1. The molecule has 19 atom stereocenters. The number of benzene rings is 1. The van der Waals surface area contributed by atoms with Gasteiger partial charge in [0.2, 0.25) is 0 Å². The van der Waals surface area contributed by atoms with Gasteiger partial charge in [0.05, 0.1) is 48.0 Å². The fourth-order valence-corrected chi connectivity index (χ4v) is 12.7. The number of rotatable bonds is 14. The van der Waals surface area contributed by atoms with E-state index in [1.54, 1.807) is 55.4 Å². The molecule has 0 amide bonds. The number of piperazine rings is 1. The standard InChI is InChI=1S/C55H89N5O15/c1-16-39-55(11)43(42(51(66)74-55)49(56)57-75-40(61)21-22-59-23-25-60(26-24-59)37-20-18-17-19-30(37)2)33(5)44(62)31(3)28-54(10,68-15)48(73-52-45(63)38(58(12)13)27-32(4)69-52)34(6)46(35(7)50(65)71-39)72-41-29-53(9,67-14)47(64)36(8)70-41/h17-20,31-36,38-39,41-43,45-48,52,63-64H,16,21-29H2,1-15H3,(H2,56,57)/t31-,32?,33-,34+,35-,36?,38?,39-,41?,42?,43?,45?,46+,47?,48-,52?,53?,54+,55-/m1/s1. The smallest absolute Gasteiger partial charge is 0.336 e. The minimum atomic E-state index is -1.64. The maximum atomic E-state index is 15.2. The number of oxime groups is 1. The number of anilines is 1. The number of carbonyl (C=O) groups is 4. The summed E-state index contributed by atoms with van der Waals surface area (Å²) in [5.74, 6) is -8.91. The van der Waals surface area contributed by atoms with E-state index in [2.05, 4.69) is 34.0 Å². The monoisotopic (exact) mass is 1060 g/mol. The second-order valence-corrected chi connectivity index (χ2v) is 22.9. The molecule has 20 nitrogen and oxygen atoms in total. The highest BCUT2D eigenvalue weighted by Crippen LogP contribution is 2.49. The number of ketones is 1. The maximum Gasteiger partial charge on any atom is 0.336 e. The molecular weight excluding hydrogens is 971 g/mol. The third kappa shape index (κ3) is 13.0. The fourth-order valence-electron chi connectivity index (χ4n) is 12.7. The lowest BCUT2D eigenvalue weighted by molar-refractivity contribution is -0.319. The van der Waals surface area contributed by atoms with Crippen molar-refractivity contribution in [2.75, 3.05) is 65.9 Å². The van der Waals surface area contributed by atoms with E-state index in [1.807, 2.05) is 45.0 Å². The number of nitrogens with two attached hydrogens (primary N) is 1. The molecule has 0 aliphatic carbocycles. The van der Waals surface area contributed by atoms with Crippen LogP contribution in [0.5, 0.6) is 0 Å². The molecule has 424 valence electrons. The topological polar surface area (TPSA) is 240 Å². The van der Waals surface area contributed by atoms with E-state index in [0.717, 1.165) is 26.2 Å². The van der Waals surface area contributed by atoms with Crippen molar-refractivity contribution in [3.8, 4) is 0 Å². The molecule has 6 rings (SSSR count). The first kappa shape index (κ1) is 60.4. The van der Waals surface area contributed by atoms with Crippen LogP contribution in [-0.2, 0) is 61.9 Å². The first-order valence-corrected chi connectivity index (χ1v) is 27.0. The second-order valence-electron chi connectivity index (χ2n) is 22.9. The number of fused-ring (bicyclic) bond motifs is 1. The number of carbonyl (C=O) groups excluding carboxylic acids is 4. The van der Waals surface area contributed by atoms with Crippen LogP contribution in [0, 0.1) is 42.4 Å². The number of aliphatic hydroxyl groups excluding tert-OH is 2. The van der Waals surface area contributed by atoms with Crippen molar-refractivity contribution in [1.82, 2.24) is 9.80 Å². The van der Waals surface area contributed by atoms with E-state index < -0.39 is 119 Å². The number of aliphatic hydroxyl groups is 2. The summed E-state index contributed by atoms with van der Waals surface area (Å²) in [5, 5.41) is 27.0. The second kappa shape index (κ2) is 24.9. The van der Waals surface area contributed by atoms with Gasteiger partial charge in [-0.3, -0.25) is 19.3 Å². The number of para-hydroxylation sites is 1. The van der Waals surface area contributed by atoms with Gasteiger partial charge in [-0.2, -0.15) is 0 Å². The summed E-state index contributed by atoms with van der Waals surface area (Å²) in [7, 11) is 6.76. The van der Waals surface area contributed by atoms with Crippen molar-refractivity contribution in [3.05, 3.63) is 29.8 Å². The number of esters is 2. The van der Waals surface area contributed by atoms with Crippen molar-refractivity contribution in [3.63, 3.8) is 0 Å². The number of methoxy groups -OCH3 is 2. The van der Waals surface area contributed by atoms with Crippen LogP contribution in [-0.4, -0.2) is 189 Å². The molecule has 0 aromatic heterocycles. The number of amidine groups is 1. The summed E-state index contributed by atoms with van der Waals surface area (Å²) in [6, 6.07) is 7.92. The molecule has 5 heterocycles. The van der Waals surface area contributed by atoms with Crippen molar-refractivity contribution >= 4 is 35.2 Å². The number of aryl methyl sites for hydroxylation is 1. The molecule has 1 aromatic rings. The quantitative estimate of drug-likeness (QED) is 0.0777. The van der Waals surface area contributed by atoms with Crippen molar-refractivity contribution in [2.45, 2.75) is 186 Å². The highest BCUT2D eigenvalue weighted by molar-refractivity contribution is 6.03. The molecule has 10 unspecified atom stereocenters. The molecular formula is C55H89N5O15. The molecule has 5 aliphatic heterocycles. The minimum Gasteiger partial charge on any atom is -0.458 e. The number of Topliss-reactive ketones (excluding diaryl/α,β-unsaturated/α-hetero) is 1. The highest BCUT2D eigenvalue weighted by Gasteiger charge is 2.63. The van der Waals surface area contributed by atoms with E-state index >= 15 is 4.79 Å². The van der Waals surface area contributed by atoms with Crippen molar-refractivity contribution < 1.29 is 72.1 Å². The molecule has 0 saturated carbocycles. The maximum absolute atomic E-state index is 15.2. The predicted molar refractivity (Wildman–Crippen MR) is 278 cm³/mol. The van der Waals surface area contributed by atoms with Gasteiger partial charge in [-0.25, -0.2) is 4.79 Å². The lowest BCUT2D eigenvalue weighted by Gasteiger charge is -2.50. The zero-order valence-electron chi connectivity index (χ0n) is 47.2. The van der Waals surface area contributed by atoms with E-state index in [4.69, 9.17) is 48.5 Å². The van der Waals surface area contributed by atoms with Gasteiger partial charge >= 0.3 is 17.9 Å². The molecule has 5 fully saturated rings. The lowest BCUT2D eigenvalue weighted by Crippen LogP contribution is -2.61. The third-order valence-corrected chi connectivity index (χ3v) is 17.4. The number of nitrogens with zero attached hydrogens (tertiary/aromatic N) is 4. The molecule has 1 aromatic carbocycles. The van der Waals surface area contributed by atoms with Gasteiger partial charge in [0.1, 0.15) is 30.0 Å². The molecule has 0 spiro atoms. The Morgan fingerprint density at radius 2 is 1.55 bits per heavy atom. The van der Waals surface area contributed by atoms with E-state index in [-0.39, 0.29) is 49.4 Å². The van der Waals surface area contributed by atoms with Crippen LogP contribution in [0.25, 0.3) is 0 Å². The number of hydrogen-bond donors (Lipinski definition) is 3. The largest absolute Gasteiger partial charge is 0.458 e. The summed E-state index contributed by atoms with van der Waals surface area (Å²) in [6.07, 6.45) is -7.73. The highest BCUT2D eigenvalue weighted by atomic mass is 16.7. The Morgan fingerprint density at radius 3 is 2.16 bits per heavy atom. The number of ether oxygens (including phenoxy) is 8. The summed E-state index contributed by atoms with van der Waals surface area (Å²) in [4.78, 5) is 69.6. The van der Waals surface area contributed by atoms with Gasteiger partial charge in [0.25, 0.3) is 0 Å². The summed E-state index contributed by atoms with van der Waals surface area (Å²) >= 11 is 0. The van der Waals surface area contributed by atoms with Crippen LogP contribution >= 0.6 is 0 Å².